The van der Waals surface area contributed by atoms with E-state index in [9.17, 15) is 9.59 Å². The molecule has 1 aliphatic heterocycles. The summed E-state index contributed by atoms with van der Waals surface area (Å²) in [5.74, 6) is 0.675. The fourth-order valence-corrected chi connectivity index (χ4v) is 4.48. The molecule has 1 aliphatic rings. The van der Waals surface area contributed by atoms with Crippen molar-refractivity contribution in [3.05, 3.63) is 66.4 Å². The van der Waals surface area contributed by atoms with Gasteiger partial charge >= 0.3 is 0 Å². The summed E-state index contributed by atoms with van der Waals surface area (Å²) in [7, 11) is 0. The molecule has 0 spiro atoms. The van der Waals surface area contributed by atoms with Crippen LogP contribution in [0.1, 0.15) is 43.5 Å². The monoisotopic (exact) mass is 404 g/mol. The Bertz CT molecular complexity index is 1030. The number of benzene rings is 2. The average Bonchev–Trinajstić information content (AvgIpc) is 3.11. The third-order valence-corrected chi connectivity index (χ3v) is 5.99. The van der Waals surface area contributed by atoms with E-state index in [-0.39, 0.29) is 36.9 Å². The molecule has 0 radical (unpaired) electrons. The zero-order valence-electron chi connectivity index (χ0n) is 17.6. The Labute approximate surface area is 177 Å². The summed E-state index contributed by atoms with van der Waals surface area (Å²) in [4.78, 5) is 28.0. The third-order valence-electron chi connectivity index (χ3n) is 5.99. The lowest BCUT2D eigenvalue weighted by Crippen LogP contribution is -2.48. The van der Waals surface area contributed by atoms with Crippen LogP contribution in [0.2, 0.25) is 0 Å². The number of para-hydroxylation sites is 2. The number of fused-ring (bicyclic) bond motifs is 1. The fraction of sp³-hybridized carbons (Fsp3) is 0.360. The predicted molar refractivity (Wildman–Crippen MR) is 118 cm³/mol. The molecule has 3 aromatic rings. The van der Waals surface area contributed by atoms with Crippen LogP contribution in [0.4, 0.5) is 0 Å². The van der Waals surface area contributed by atoms with Gasteiger partial charge < -0.3 is 14.2 Å². The van der Waals surface area contributed by atoms with Crippen molar-refractivity contribution < 1.29 is 14.3 Å². The van der Waals surface area contributed by atoms with Crippen molar-refractivity contribution in [2.24, 2.45) is 0 Å². The van der Waals surface area contributed by atoms with Crippen LogP contribution in [0, 0.1) is 0 Å². The number of aromatic nitrogens is 1. The molecule has 1 amide bonds. The van der Waals surface area contributed by atoms with E-state index in [2.05, 4.69) is 13.8 Å². The first-order valence-corrected chi connectivity index (χ1v) is 10.6. The number of Topliss-reactive ketones (excluding diaryl/α,β-unsaturated/α-hetero) is 1. The zero-order valence-corrected chi connectivity index (χ0v) is 17.6. The van der Waals surface area contributed by atoms with Crippen molar-refractivity contribution in [3.8, 4) is 5.75 Å². The van der Waals surface area contributed by atoms with Crippen LogP contribution in [-0.4, -0.2) is 39.8 Å². The molecule has 1 saturated heterocycles. The van der Waals surface area contributed by atoms with Gasteiger partial charge in [-0.3, -0.25) is 9.59 Å². The van der Waals surface area contributed by atoms with E-state index < -0.39 is 0 Å². The van der Waals surface area contributed by atoms with Gasteiger partial charge in [-0.25, -0.2) is 0 Å². The topological polar surface area (TPSA) is 51.5 Å². The van der Waals surface area contributed by atoms with E-state index in [1.165, 1.54) is 6.42 Å². The Morgan fingerprint density at radius 2 is 1.63 bits per heavy atom. The summed E-state index contributed by atoms with van der Waals surface area (Å²) in [5, 5.41) is 0.853. The second kappa shape index (κ2) is 8.74. The number of hydrogen-bond acceptors (Lipinski definition) is 3. The first kappa shape index (κ1) is 20.2. The number of nitrogens with zero attached hydrogens (tertiary/aromatic N) is 2. The van der Waals surface area contributed by atoms with Crippen molar-refractivity contribution in [2.75, 3.05) is 6.61 Å². The highest BCUT2D eigenvalue weighted by molar-refractivity contribution is 6.09. The van der Waals surface area contributed by atoms with Crippen LogP contribution in [0.25, 0.3) is 10.9 Å². The number of rotatable bonds is 6. The first-order valence-electron chi connectivity index (χ1n) is 10.6. The van der Waals surface area contributed by atoms with Crippen LogP contribution in [0.3, 0.4) is 0 Å². The Hall–Kier alpha value is -3.08. The maximum Gasteiger partial charge on any atom is 0.242 e. The molecule has 0 aliphatic carbocycles. The summed E-state index contributed by atoms with van der Waals surface area (Å²) < 4.78 is 7.56. The van der Waals surface area contributed by atoms with Gasteiger partial charge in [0.1, 0.15) is 12.3 Å². The van der Waals surface area contributed by atoms with Gasteiger partial charge in [-0.15, -0.1) is 0 Å². The summed E-state index contributed by atoms with van der Waals surface area (Å²) >= 11 is 0. The van der Waals surface area contributed by atoms with Crippen molar-refractivity contribution in [1.29, 1.82) is 0 Å². The Morgan fingerprint density at radius 3 is 2.37 bits per heavy atom. The predicted octanol–water partition coefficient (Wildman–Crippen LogP) is 4.69. The van der Waals surface area contributed by atoms with Crippen LogP contribution in [0.15, 0.2) is 60.8 Å². The van der Waals surface area contributed by atoms with Gasteiger partial charge in [0.05, 0.1) is 0 Å². The zero-order chi connectivity index (χ0) is 21.1. The summed E-state index contributed by atoms with van der Waals surface area (Å²) in [6, 6.07) is 17.6. The first-order chi connectivity index (χ1) is 14.5. The van der Waals surface area contributed by atoms with Gasteiger partial charge in [-0.1, -0.05) is 36.4 Å². The van der Waals surface area contributed by atoms with E-state index in [1.807, 2.05) is 64.1 Å². The SMILES string of the molecule is C[C@H]1CCC[C@H](C)N1C(=O)Cn1cc(C(=O)COc2ccccc2)c2ccccc21. The normalized spacial score (nSPS) is 19.1. The molecule has 0 bridgehead atoms. The number of carbonyl (C=O) groups excluding carboxylic acids is 2. The van der Waals surface area contributed by atoms with E-state index in [1.54, 1.807) is 6.20 Å². The number of amides is 1. The number of ketones is 1. The second-order valence-corrected chi connectivity index (χ2v) is 8.14. The standard InChI is InChI=1S/C25H28N2O3/c1-18-9-8-10-19(2)27(18)25(29)16-26-15-22(21-13-6-7-14-23(21)26)24(28)17-30-20-11-4-3-5-12-20/h3-7,11-15,18-19H,8-10,16-17H2,1-2H3/t18-,19-/m0/s1. The van der Waals surface area contributed by atoms with E-state index in [0.29, 0.717) is 11.3 Å². The average molecular weight is 405 g/mol. The van der Waals surface area contributed by atoms with Crippen molar-refractivity contribution >= 4 is 22.6 Å². The number of likely N-dealkylation sites (tertiary alicyclic amines) is 1. The minimum atomic E-state index is -0.0963. The molecule has 156 valence electrons. The molecule has 30 heavy (non-hydrogen) atoms. The summed E-state index contributed by atoms with van der Waals surface area (Å²) in [5.41, 5.74) is 1.49. The Morgan fingerprint density at radius 1 is 0.967 bits per heavy atom. The fourth-order valence-electron chi connectivity index (χ4n) is 4.48. The lowest BCUT2D eigenvalue weighted by molar-refractivity contribution is -0.137. The van der Waals surface area contributed by atoms with Gasteiger partial charge in [0.15, 0.2) is 6.61 Å². The summed E-state index contributed by atoms with van der Waals surface area (Å²) in [6.07, 6.45) is 5.06. The molecule has 5 nitrogen and oxygen atoms in total. The Balaban J connectivity index is 1.56. The minimum absolute atomic E-state index is 0.0356. The number of carbonyl (C=O) groups is 2. The van der Waals surface area contributed by atoms with Crippen LogP contribution >= 0.6 is 0 Å². The number of ether oxygens (including phenoxy) is 1. The molecule has 0 saturated carbocycles. The van der Waals surface area contributed by atoms with Gasteiger partial charge in [0.25, 0.3) is 0 Å². The molecular weight excluding hydrogens is 376 g/mol. The molecule has 1 fully saturated rings. The minimum Gasteiger partial charge on any atom is -0.485 e. The molecule has 2 atom stereocenters. The van der Waals surface area contributed by atoms with Gasteiger partial charge in [-0.2, -0.15) is 0 Å². The van der Waals surface area contributed by atoms with Crippen molar-refractivity contribution in [3.63, 3.8) is 0 Å². The molecule has 4 rings (SSSR count). The van der Waals surface area contributed by atoms with Gasteiger partial charge in [0.2, 0.25) is 11.7 Å². The molecule has 1 aromatic heterocycles. The van der Waals surface area contributed by atoms with Crippen LogP contribution in [-0.2, 0) is 11.3 Å². The molecule has 0 unspecified atom stereocenters. The van der Waals surface area contributed by atoms with Crippen LogP contribution in [0.5, 0.6) is 5.75 Å². The molecule has 5 heteroatoms. The highest BCUT2D eigenvalue weighted by atomic mass is 16.5. The lowest BCUT2D eigenvalue weighted by Gasteiger charge is -2.39. The highest BCUT2D eigenvalue weighted by Crippen LogP contribution is 2.25. The number of piperidine rings is 1. The molecule has 0 N–H and O–H groups in total. The number of hydrogen-bond donors (Lipinski definition) is 0. The van der Waals surface area contributed by atoms with Gasteiger partial charge in [-0.05, 0) is 51.3 Å². The smallest absolute Gasteiger partial charge is 0.242 e. The van der Waals surface area contributed by atoms with E-state index in [0.717, 1.165) is 23.7 Å². The maximum absolute atomic E-state index is 13.1. The van der Waals surface area contributed by atoms with E-state index >= 15 is 0 Å². The van der Waals surface area contributed by atoms with E-state index in [4.69, 9.17) is 4.74 Å². The molecular formula is C25H28N2O3. The molecule has 2 aromatic carbocycles. The van der Waals surface area contributed by atoms with Gasteiger partial charge in [0, 0.05) is 34.7 Å². The highest BCUT2D eigenvalue weighted by Gasteiger charge is 2.29. The second-order valence-electron chi connectivity index (χ2n) is 8.14. The largest absolute Gasteiger partial charge is 0.485 e. The Kier molecular flexibility index (Phi) is 5.88. The maximum atomic E-state index is 13.1. The quantitative estimate of drug-likeness (QED) is 0.560. The lowest BCUT2D eigenvalue weighted by atomic mass is 9.97. The molecule has 2 heterocycles. The van der Waals surface area contributed by atoms with Crippen LogP contribution < -0.4 is 4.74 Å². The third kappa shape index (κ3) is 4.11. The van der Waals surface area contributed by atoms with Crippen molar-refractivity contribution in [1.82, 2.24) is 9.47 Å². The van der Waals surface area contributed by atoms with Crippen molar-refractivity contribution in [2.45, 2.75) is 51.7 Å². The summed E-state index contributed by atoms with van der Waals surface area (Å²) in [6.45, 7) is 4.45.